The summed E-state index contributed by atoms with van der Waals surface area (Å²) >= 11 is 0. The first kappa shape index (κ1) is 13.6. The van der Waals surface area contributed by atoms with Crippen LogP contribution >= 0.6 is 0 Å². The van der Waals surface area contributed by atoms with E-state index in [1.165, 1.54) is 7.11 Å². The molecular weight excluding hydrogens is 266 g/mol. The zero-order valence-corrected chi connectivity index (χ0v) is 12.4. The normalized spacial score (nSPS) is 12.5. The molecule has 1 aliphatic heterocycles. The lowest BCUT2D eigenvalue weighted by atomic mass is 9.90. The Morgan fingerprint density at radius 3 is 2.71 bits per heavy atom. The molecule has 0 radical (unpaired) electrons. The molecule has 0 unspecified atom stereocenters. The standard InChI is InChI=1S/C17H17NO3/c1-10-8-13(17(20)21-3)9-12-4-6-18-7-5-14(11(2)19)16(18)15(10)12/h5,7-9H,4,6H2,1-3H3. The molecule has 2 heterocycles. The predicted molar refractivity (Wildman–Crippen MR) is 79.7 cm³/mol. The van der Waals surface area contributed by atoms with Gasteiger partial charge in [-0.1, -0.05) is 0 Å². The number of rotatable bonds is 2. The van der Waals surface area contributed by atoms with Crippen molar-refractivity contribution in [3.8, 4) is 11.3 Å². The van der Waals surface area contributed by atoms with Crippen molar-refractivity contribution in [1.82, 2.24) is 4.57 Å². The first-order valence-corrected chi connectivity index (χ1v) is 6.95. The molecule has 0 bridgehead atoms. The van der Waals surface area contributed by atoms with E-state index in [0.29, 0.717) is 5.56 Å². The Morgan fingerprint density at radius 1 is 1.29 bits per heavy atom. The van der Waals surface area contributed by atoms with Gasteiger partial charge in [0.15, 0.2) is 5.78 Å². The van der Waals surface area contributed by atoms with Crippen LogP contribution in [-0.4, -0.2) is 23.4 Å². The third kappa shape index (κ3) is 2.07. The summed E-state index contributed by atoms with van der Waals surface area (Å²) in [5, 5.41) is 0. The molecule has 0 N–H and O–H groups in total. The van der Waals surface area contributed by atoms with E-state index < -0.39 is 0 Å². The molecule has 1 aromatic heterocycles. The summed E-state index contributed by atoms with van der Waals surface area (Å²) in [5.41, 5.74) is 5.45. The van der Waals surface area contributed by atoms with Crippen LogP contribution in [-0.2, 0) is 17.7 Å². The number of aromatic nitrogens is 1. The molecule has 1 aromatic carbocycles. The third-order valence-electron chi connectivity index (χ3n) is 4.04. The van der Waals surface area contributed by atoms with E-state index in [4.69, 9.17) is 4.74 Å². The molecule has 0 spiro atoms. The van der Waals surface area contributed by atoms with Crippen LogP contribution in [0.3, 0.4) is 0 Å². The van der Waals surface area contributed by atoms with Crippen LogP contribution < -0.4 is 0 Å². The van der Waals surface area contributed by atoms with Crippen molar-refractivity contribution in [3.05, 3.63) is 46.6 Å². The maximum atomic E-state index is 11.8. The number of hydrogen-bond donors (Lipinski definition) is 0. The number of ketones is 1. The van der Waals surface area contributed by atoms with Gasteiger partial charge in [-0.05, 0) is 49.6 Å². The van der Waals surface area contributed by atoms with Gasteiger partial charge in [-0.15, -0.1) is 0 Å². The number of aryl methyl sites for hydroxylation is 3. The Bertz CT molecular complexity index is 756. The highest BCUT2D eigenvalue weighted by atomic mass is 16.5. The molecule has 3 rings (SSSR count). The van der Waals surface area contributed by atoms with Gasteiger partial charge in [0.05, 0.1) is 18.4 Å². The second-order valence-electron chi connectivity index (χ2n) is 5.40. The van der Waals surface area contributed by atoms with E-state index in [2.05, 4.69) is 4.57 Å². The Balaban J connectivity index is 2.23. The molecular formula is C17H17NO3. The Labute approximate surface area is 123 Å². The van der Waals surface area contributed by atoms with E-state index in [0.717, 1.165) is 40.9 Å². The summed E-state index contributed by atoms with van der Waals surface area (Å²) in [6.07, 6.45) is 2.81. The summed E-state index contributed by atoms with van der Waals surface area (Å²) in [6, 6.07) is 5.59. The molecule has 108 valence electrons. The highest BCUT2D eigenvalue weighted by Crippen LogP contribution is 2.36. The van der Waals surface area contributed by atoms with Crippen molar-refractivity contribution in [2.24, 2.45) is 0 Å². The van der Waals surface area contributed by atoms with Gasteiger partial charge in [-0.2, -0.15) is 0 Å². The number of esters is 1. The molecule has 2 aromatic rings. The second-order valence-corrected chi connectivity index (χ2v) is 5.40. The number of hydrogen-bond acceptors (Lipinski definition) is 3. The van der Waals surface area contributed by atoms with Gasteiger partial charge in [0.2, 0.25) is 0 Å². The molecule has 0 atom stereocenters. The van der Waals surface area contributed by atoms with Gasteiger partial charge < -0.3 is 9.30 Å². The van der Waals surface area contributed by atoms with Crippen molar-refractivity contribution >= 4 is 11.8 Å². The van der Waals surface area contributed by atoms with Crippen LogP contribution in [0.15, 0.2) is 24.4 Å². The first-order valence-electron chi connectivity index (χ1n) is 6.95. The maximum absolute atomic E-state index is 11.8. The zero-order chi connectivity index (χ0) is 15.1. The van der Waals surface area contributed by atoms with Crippen molar-refractivity contribution in [2.75, 3.05) is 7.11 Å². The lowest BCUT2D eigenvalue weighted by Gasteiger charge is -2.23. The van der Waals surface area contributed by atoms with Gasteiger partial charge in [0.25, 0.3) is 0 Å². The lowest BCUT2D eigenvalue weighted by Crippen LogP contribution is -2.14. The summed E-state index contributed by atoms with van der Waals surface area (Å²) in [7, 11) is 1.39. The average Bonchev–Trinajstić information content (AvgIpc) is 2.89. The fourth-order valence-electron chi connectivity index (χ4n) is 3.09. The number of Topliss-reactive ketones (excluding diaryl/α,β-unsaturated/α-hetero) is 1. The number of benzene rings is 1. The molecule has 4 nitrogen and oxygen atoms in total. The van der Waals surface area contributed by atoms with Crippen LogP contribution in [0.5, 0.6) is 0 Å². The largest absolute Gasteiger partial charge is 0.465 e. The fourth-order valence-corrected chi connectivity index (χ4v) is 3.09. The Hall–Kier alpha value is -2.36. The molecule has 0 aliphatic carbocycles. The third-order valence-corrected chi connectivity index (χ3v) is 4.04. The van der Waals surface area contributed by atoms with Crippen LogP contribution in [0.2, 0.25) is 0 Å². The Kier molecular flexibility index (Phi) is 3.16. The number of fused-ring (bicyclic) bond motifs is 3. The van der Waals surface area contributed by atoms with Gasteiger partial charge in [-0.25, -0.2) is 4.79 Å². The summed E-state index contributed by atoms with van der Waals surface area (Å²) in [4.78, 5) is 23.6. The molecule has 0 saturated heterocycles. The van der Waals surface area contributed by atoms with Crippen molar-refractivity contribution in [1.29, 1.82) is 0 Å². The van der Waals surface area contributed by atoms with Crippen LogP contribution in [0.1, 0.15) is 38.8 Å². The minimum Gasteiger partial charge on any atom is -0.465 e. The molecule has 1 aliphatic rings. The SMILES string of the molecule is COC(=O)c1cc(C)c2c(c1)CCn1ccc(C(C)=O)c1-2. The number of carbonyl (C=O) groups excluding carboxylic acids is 2. The molecule has 0 fully saturated rings. The number of ether oxygens (including phenoxy) is 1. The number of methoxy groups -OCH3 is 1. The highest BCUT2D eigenvalue weighted by Gasteiger charge is 2.24. The molecule has 0 amide bonds. The van der Waals surface area contributed by atoms with E-state index >= 15 is 0 Å². The van der Waals surface area contributed by atoms with Gasteiger partial charge in [0, 0.05) is 23.9 Å². The van der Waals surface area contributed by atoms with Gasteiger partial charge in [0.1, 0.15) is 0 Å². The van der Waals surface area contributed by atoms with Crippen molar-refractivity contribution < 1.29 is 14.3 Å². The molecule has 0 saturated carbocycles. The average molecular weight is 283 g/mol. The lowest BCUT2D eigenvalue weighted by molar-refractivity contribution is 0.0600. The summed E-state index contributed by atoms with van der Waals surface area (Å²) in [5.74, 6) is -0.262. The van der Waals surface area contributed by atoms with Gasteiger partial charge >= 0.3 is 5.97 Å². The zero-order valence-electron chi connectivity index (χ0n) is 12.4. The quantitative estimate of drug-likeness (QED) is 0.629. The summed E-state index contributed by atoms with van der Waals surface area (Å²) in [6.45, 7) is 4.38. The van der Waals surface area contributed by atoms with Gasteiger partial charge in [-0.3, -0.25) is 4.79 Å². The highest BCUT2D eigenvalue weighted by molar-refractivity contribution is 6.01. The van der Waals surface area contributed by atoms with E-state index in [1.54, 1.807) is 6.92 Å². The van der Waals surface area contributed by atoms with E-state index in [9.17, 15) is 9.59 Å². The minimum atomic E-state index is -0.325. The second kappa shape index (κ2) is 4.88. The van der Waals surface area contributed by atoms with E-state index in [-0.39, 0.29) is 11.8 Å². The Morgan fingerprint density at radius 2 is 2.05 bits per heavy atom. The van der Waals surface area contributed by atoms with E-state index in [1.807, 2.05) is 31.3 Å². The minimum absolute atomic E-state index is 0.0630. The maximum Gasteiger partial charge on any atom is 0.337 e. The fraction of sp³-hybridized carbons (Fsp3) is 0.294. The molecule has 21 heavy (non-hydrogen) atoms. The monoisotopic (exact) mass is 283 g/mol. The summed E-state index contributed by atoms with van der Waals surface area (Å²) < 4.78 is 6.92. The number of carbonyl (C=O) groups is 2. The van der Waals surface area contributed by atoms with Crippen molar-refractivity contribution in [2.45, 2.75) is 26.8 Å². The molecule has 4 heteroatoms. The smallest absolute Gasteiger partial charge is 0.337 e. The first-order chi connectivity index (χ1) is 10.0. The van der Waals surface area contributed by atoms with Crippen LogP contribution in [0, 0.1) is 6.92 Å². The van der Waals surface area contributed by atoms with Crippen LogP contribution in [0.4, 0.5) is 0 Å². The van der Waals surface area contributed by atoms with Crippen LogP contribution in [0.25, 0.3) is 11.3 Å². The van der Waals surface area contributed by atoms with Crippen molar-refractivity contribution in [3.63, 3.8) is 0 Å². The number of nitrogens with zero attached hydrogens (tertiary/aromatic N) is 1. The predicted octanol–water partition coefficient (Wildman–Crippen LogP) is 3.01. The topological polar surface area (TPSA) is 48.3 Å².